The molecule has 3 aromatic rings. The number of nitrogens with one attached hydrogen (secondary N) is 1. The fourth-order valence-corrected chi connectivity index (χ4v) is 4.32. The monoisotopic (exact) mass is 458 g/mol. The molecule has 32 heavy (non-hydrogen) atoms. The number of sulfonamides is 1. The standard InChI is InChI=1S/C20H26N8O3S/c1-20(2,3)15-4-6-18(7-5-15)32(30,31)23-10-19(29)26-13-17(14-26)27-11-16(24-25-27)12-28-21-8-9-22-28/h4-9,11,17,23H,10,12-14H2,1-3H3. The van der Waals surface area contributed by atoms with E-state index >= 15 is 0 Å². The molecular formula is C20H26N8O3S. The summed E-state index contributed by atoms with van der Waals surface area (Å²) in [7, 11) is -3.76. The summed E-state index contributed by atoms with van der Waals surface area (Å²) in [6, 6.07) is 6.73. The molecule has 3 heterocycles. The molecule has 1 saturated heterocycles. The Labute approximate surface area is 186 Å². The molecule has 12 heteroatoms. The Morgan fingerprint density at radius 3 is 2.41 bits per heavy atom. The van der Waals surface area contributed by atoms with Gasteiger partial charge in [0.1, 0.15) is 12.2 Å². The van der Waals surface area contributed by atoms with Gasteiger partial charge in [0, 0.05) is 13.1 Å². The molecule has 11 nitrogen and oxygen atoms in total. The molecule has 0 saturated carbocycles. The fourth-order valence-electron chi connectivity index (χ4n) is 3.35. The summed E-state index contributed by atoms with van der Waals surface area (Å²) >= 11 is 0. The largest absolute Gasteiger partial charge is 0.337 e. The lowest BCUT2D eigenvalue weighted by Crippen LogP contribution is -2.53. The van der Waals surface area contributed by atoms with Crippen LogP contribution in [0, 0.1) is 0 Å². The second-order valence-electron chi connectivity index (χ2n) is 8.80. The second-order valence-corrected chi connectivity index (χ2v) is 10.6. The number of likely N-dealkylation sites (tertiary alicyclic amines) is 1. The van der Waals surface area contributed by atoms with Crippen molar-refractivity contribution in [3.63, 3.8) is 0 Å². The molecule has 4 rings (SSSR count). The summed E-state index contributed by atoms with van der Waals surface area (Å²) in [5.41, 5.74) is 1.69. The van der Waals surface area contributed by atoms with E-state index < -0.39 is 10.0 Å². The highest BCUT2D eigenvalue weighted by Crippen LogP contribution is 2.24. The maximum absolute atomic E-state index is 12.5. The number of benzene rings is 1. The van der Waals surface area contributed by atoms with E-state index in [0.29, 0.717) is 19.6 Å². The third-order valence-corrected chi connectivity index (χ3v) is 6.78. The Morgan fingerprint density at radius 2 is 1.78 bits per heavy atom. The minimum Gasteiger partial charge on any atom is -0.337 e. The van der Waals surface area contributed by atoms with Gasteiger partial charge in [-0.1, -0.05) is 38.1 Å². The van der Waals surface area contributed by atoms with Crippen LogP contribution in [0.3, 0.4) is 0 Å². The van der Waals surface area contributed by atoms with Crippen LogP contribution in [0.2, 0.25) is 0 Å². The van der Waals surface area contributed by atoms with Gasteiger partial charge >= 0.3 is 0 Å². The van der Waals surface area contributed by atoms with E-state index in [-0.39, 0.29) is 28.8 Å². The molecule has 0 spiro atoms. The van der Waals surface area contributed by atoms with E-state index in [1.54, 1.807) is 52.4 Å². The second kappa shape index (κ2) is 8.43. The lowest BCUT2D eigenvalue weighted by Gasteiger charge is -2.38. The molecule has 2 aromatic heterocycles. The van der Waals surface area contributed by atoms with E-state index in [0.717, 1.165) is 11.3 Å². The molecule has 0 atom stereocenters. The first-order valence-corrected chi connectivity index (χ1v) is 11.7. The number of amides is 1. The van der Waals surface area contributed by atoms with Crippen LogP contribution in [0.4, 0.5) is 0 Å². The minimum absolute atomic E-state index is 0.00679. The zero-order valence-corrected chi connectivity index (χ0v) is 19.0. The Morgan fingerprint density at radius 1 is 1.12 bits per heavy atom. The Hall–Kier alpha value is -3.12. The number of aromatic nitrogens is 6. The molecule has 0 bridgehead atoms. The van der Waals surface area contributed by atoms with E-state index in [2.05, 4.69) is 46.0 Å². The van der Waals surface area contributed by atoms with Gasteiger partial charge in [-0.05, 0) is 23.1 Å². The number of carbonyl (C=O) groups excluding carboxylic acids is 1. The van der Waals surface area contributed by atoms with Crippen LogP contribution in [-0.4, -0.2) is 68.8 Å². The molecule has 0 aliphatic carbocycles. The van der Waals surface area contributed by atoms with Crippen LogP contribution in [0.25, 0.3) is 0 Å². The van der Waals surface area contributed by atoms with Gasteiger partial charge in [0.15, 0.2) is 0 Å². The van der Waals surface area contributed by atoms with Crippen molar-refractivity contribution in [2.24, 2.45) is 0 Å². The smallest absolute Gasteiger partial charge is 0.241 e. The predicted octanol–water partition coefficient (Wildman–Crippen LogP) is 0.577. The third-order valence-electron chi connectivity index (χ3n) is 5.36. The molecule has 1 aliphatic heterocycles. The van der Waals surface area contributed by atoms with Crippen LogP contribution >= 0.6 is 0 Å². The van der Waals surface area contributed by atoms with E-state index in [1.165, 1.54) is 4.80 Å². The van der Waals surface area contributed by atoms with Crippen LogP contribution in [0.5, 0.6) is 0 Å². The van der Waals surface area contributed by atoms with Crippen molar-refractivity contribution in [2.45, 2.75) is 43.7 Å². The van der Waals surface area contributed by atoms with Gasteiger partial charge in [0.25, 0.3) is 0 Å². The lowest BCUT2D eigenvalue weighted by molar-refractivity contribution is -0.135. The van der Waals surface area contributed by atoms with Crippen LogP contribution in [0.15, 0.2) is 47.8 Å². The predicted molar refractivity (Wildman–Crippen MR) is 115 cm³/mol. The first kappa shape index (κ1) is 22.1. The van der Waals surface area contributed by atoms with E-state index in [4.69, 9.17) is 0 Å². The summed E-state index contributed by atoms with van der Waals surface area (Å²) < 4.78 is 29.2. The summed E-state index contributed by atoms with van der Waals surface area (Å²) in [6.07, 6.45) is 4.99. The lowest BCUT2D eigenvalue weighted by atomic mass is 9.87. The average Bonchev–Trinajstić information content (AvgIpc) is 3.38. The van der Waals surface area contributed by atoms with Crippen molar-refractivity contribution in [1.29, 1.82) is 0 Å². The highest BCUT2D eigenvalue weighted by Gasteiger charge is 2.33. The zero-order valence-electron chi connectivity index (χ0n) is 18.2. The molecule has 0 radical (unpaired) electrons. The van der Waals surface area contributed by atoms with Crippen molar-refractivity contribution in [3.05, 3.63) is 54.1 Å². The van der Waals surface area contributed by atoms with Crippen LogP contribution in [0.1, 0.15) is 38.1 Å². The molecule has 1 fully saturated rings. The van der Waals surface area contributed by atoms with Gasteiger partial charge in [0.05, 0.1) is 36.1 Å². The summed E-state index contributed by atoms with van der Waals surface area (Å²) in [6.45, 7) is 7.21. The van der Waals surface area contributed by atoms with E-state index in [9.17, 15) is 13.2 Å². The average molecular weight is 459 g/mol. The fraction of sp³-hybridized carbons (Fsp3) is 0.450. The molecule has 0 unspecified atom stereocenters. The van der Waals surface area contributed by atoms with Gasteiger partial charge in [-0.3, -0.25) is 4.79 Å². The number of rotatable bonds is 7. The molecule has 1 aromatic carbocycles. The van der Waals surface area contributed by atoms with Gasteiger partial charge in [-0.25, -0.2) is 17.8 Å². The first-order valence-electron chi connectivity index (χ1n) is 10.2. The maximum atomic E-state index is 12.5. The summed E-state index contributed by atoms with van der Waals surface area (Å²) in [4.78, 5) is 15.7. The highest BCUT2D eigenvalue weighted by molar-refractivity contribution is 7.89. The van der Waals surface area contributed by atoms with Gasteiger partial charge in [-0.15, -0.1) is 5.10 Å². The summed E-state index contributed by atoms with van der Waals surface area (Å²) in [5.74, 6) is -0.280. The van der Waals surface area contributed by atoms with Crippen molar-refractivity contribution in [1.82, 2.24) is 39.6 Å². The van der Waals surface area contributed by atoms with Gasteiger partial charge in [0.2, 0.25) is 15.9 Å². The van der Waals surface area contributed by atoms with Gasteiger partial charge < -0.3 is 4.90 Å². The normalized spacial score (nSPS) is 15.0. The molecule has 1 aliphatic rings. The van der Waals surface area contributed by atoms with Crippen LogP contribution in [-0.2, 0) is 26.8 Å². The number of hydrogen-bond acceptors (Lipinski definition) is 7. The van der Waals surface area contributed by atoms with Crippen LogP contribution < -0.4 is 4.72 Å². The van der Waals surface area contributed by atoms with Crippen molar-refractivity contribution in [3.8, 4) is 0 Å². The zero-order chi connectivity index (χ0) is 22.9. The van der Waals surface area contributed by atoms with E-state index in [1.807, 2.05) is 0 Å². The minimum atomic E-state index is -3.76. The molecule has 1 N–H and O–H groups in total. The number of hydrogen-bond donors (Lipinski definition) is 1. The SMILES string of the molecule is CC(C)(C)c1ccc(S(=O)(=O)NCC(=O)N2CC(n3cc(Cn4nccn4)nn3)C2)cc1. The third kappa shape index (κ3) is 4.86. The Balaban J connectivity index is 1.27. The number of carbonyl (C=O) groups is 1. The molecule has 170 valence electrons. The molecular weight excluding hydrogens is 432 g/mol. The number of nitrogens with zero attached hydrogens (tertiary/aromatic N) is 7. The maximum Gasteiger partial charge on any atom is 0.241 e. The van der Waals surface area contributed by atoms with Crippen molar-refractivity contribution < 1.29 is 13.2 Å². The van der Waals surface area contributed by atoms with Crippen molar-refractivity contribution in [2.75, 3.05) is 19.6 Å². The topological polar surface area (TPSA) is 128 Å². The highest BCUT2D eigenvalue weighted by atomic mass is 32.2. The summed E-state index contributed by atoms with van der Waals surface area (Å²) in [5, 5.41) is 16.3. The first-order chi connectivity index (χ1) is 15.1. The van der Waals surface area contributed by atoms with Gasteiger partial charge in [-0.2, -0.15) is 15.0 Å². The Bertz CT molecular complexity index is 1170. The molecule has 1 amide bonds. The van der Waals surface area contributed by atoms with Crippen molar-refractivity contribution >= 4 is 15.9 Å². The quantitative estimate of drug-likeness (QED) is 0.548. The Kier molecular flexibility index (Phi) is 5.82.